The van der Waals surface area contributed by atoms with Crippen molar-refractivity contribution in [3.8, 4) is 5.75 Å². The molecule has 1 saturated heterocycles. The average Bonchev–Trinajstić information content (AvgIpc) is 3.36. The maximum absolute atomic E-state index is 13.8. The summed E-state index contributed by atoms with van der Waals surface area (Å²) in [6.07, 6.45) is 6.54. The van der Waals surface area contributed by atoms with E-state index in [2.05, 4.69) is 25.8 Å². The van der Waals surface area contributed by atoms with Crippen LogP contribution < -0.4 is 24.5 Å². The first-order valence-corrected chi connectivity index (χ1v) is 14.4. The van der Waals surface area contributed by atoms with Crippen molar-refractivity contribution in [1.29, 1.82) is 0 Å². The number of hydrogen-bond acceptors (Lipinski definition) is 8. The maximum Gasteiger partial charge on any atom is 0.338 e. The zero-order valence-corrected chi connectivity index (χ0v) is 24.1. The van der Waals surface area contributed by atoms with Crippen LogP contribution in [0.1, 0.15) is 56.9 Å². The summed E-state index contributed by atoms with van der Waals surface area (Å²) in [4.78, 5) is 34.3. The first-order valence-electron chi connectivity index (χ1n) is 12.8. The van der Waals surface area contributed by atoms with Crippen molar-refractivity contribution < 1.29 is 18.7 Å². The number of carbonyl (C=O) groups excluding carboxylic acids is 1. The van der Waals surface area contributed by atoms with E-state index < -0.39 is 12.0 Å². The molecule has 0 aliphatic carbocycles. The summed E-state index contributed by atoms with van der Waals surface area (Å²) in [6, 6.07) is 8.68. The molecule has 200 valence electrons. The Labute approximate surface area is 233 Å². The van der Waals surface area contributed by atoms with E-state index in [-0.39, 0.29) is 12.2 Å². The molecule has 0 amide bonds. The number of rotatable bonds is 6. The van der Waals surface area contributed by atoms with Crippen molar-refractivity contribution in [1.82, 2.24) is 4.57 Å². The van der Waals surface area contributed by atoms with E-state index in [1.807, 2.05) is 24.3 Å². The number of fused-ring (bicyclic) bond motifs is 1. The second-order valence-electron chi connectivity index (χ2n) is 9.27. The molecule has 0 radical (unpaired) electrons. The predicted molar refractivity (Wildman–Crippen MR) is 150 cm³/mol. The number of nitrogens with zero attached hydrogens (tertiary/aromatic N) is 3. The number of halogens is 1. The second kappa shape index (κ2) is 11.3. The van der Waals surface area contributed by atoms with Gasteiger partial charge in [0, 0.05) is 25.2 Å². The van der Waals surface area contributed by atoms with Gasteiger partial charge in [-0.1, -0.05) is 30.2 Å². The SMILES string of the molecule is CCOC(=O)C1=C(C)N=c2s/c(=C/c3ccc(N4CCCCCC4)o3)c(=O)n2[C@@H]1c1ccc(OC)c(Br)c1. The normalized spacial score (nSPS) is 18.2. The Morgan fingerprint density at radius 3 is 2.66 bits per heavy atom. The van der Waals surface area contributed by atoms with Crippen LogP contribution in [0.15, 0.2) is 60.3 Å². The van der Waals surface area contributed by atoms with Gasteiger partial charge in [-0.05, 0) is 66.4 Å². The molecular weight excluding hydrogens is 570 g/mol. The molecule has 5 rings (SSSR count). The Hall–Kier alpha value is -3.11. The Morgan fingerprint density at radius 1 is 1.21 bits per heavy atom. The maximum atomic E-state index is 13.8. The minimum atomic E-state index is -0.695. The molecule has 4 heterocycles. The van der Waals surface area contributed by atoms with E-state index in [0.717, 1.165) is 37.4 Å². The summed E-state index contributed by atoms with van der Waals surface area (Å²) >= 11 is 4.81. The highest BCUT2D eigenvalue weighted by Crippen LogP contribution is 2.35. The van der Waals surface area contributed by atoms with Crippen molar-refractivity contribution in [3.05, 3.63) is 77.1 Å². The topological polar surface area (TPSA) is 86.3 Å². The van der Waals surface area contributed by atoms with Gasteiger partial charge in [0.25, 0.3) is 5.56 Å². The monoisotopic (exact) mass is 599 g/mol. The number of thiazole rings is 1. The zero-order chi connectivity index (χ0) is 26.8. The second-order valence-corrected chi connectivity index (χ2v) is 11.1. The summed E-state index contributed by atoms with van der Waals surface area (Å²) in [5.41, 5.74) is 1.36. The van der Waals surface area contributed by atoms with E-state index in [1.165, 1.54) is 24.2 Å². The molecule has 10 heteroatoms. The number of carbonyl (C=O) groups is 1. The molecular formula is C28H30BrN3O5S. The minimum Gasteiger partial charge on any atom is -0.496 e. The smallest absolute Gasteiger partial charge is 0.338 e. The highest BCUT2D eigenvalue weighted by molar-refractivity contribution is 9.10. The summed E-state index contributed by atoms with van der Waals surface area (Å²) in [6.45, 7) is 5.70. The lowest BCUT2D eigenvalue weighted by atomic mass is 9.96. The van der Waals surface area contributed by atoms with Gasteiger partial charge in [-0.15, -0.1) is 0 Å². The number of benzene rings is 1. The van der Waals surface area contributed by atoms with E-state index in [4.69, 9.17) is 13.9 Å². The first-order chi connectivity index (χ1) is 18.4. The van der Waals surface area contributed by atoms with Gasteiger partial charge in [-0.3, -0.25) is 9.36 Å². The number of esters is 1. The molecule has 1 fully saturated rings. The highest BCUT2D eigenvalue weighted by atomic mass is 79.9. The molecule has 3 aromatic rings. The molecule has 0 bridgehead atoms. The molecule has 2 aromatic heterocycles. The molecule has 0 N–H and O–H groups in total. The van der Waals surface area contributed by atoms with E-state index in [1.54, 1.807) is 37.7 Å². The standard InChI is InChI=1S/C28H30BrN3O5S/c1-4-36-27(34)24-17(2)30-28-32(25(24)18-9-11-21(35-3)20(29)15-18)26(33)22(38-28)16-19-10-12-23(37-19)31-13-7-5-6-8-14-31/h9-12,15-16,25H,4-8,13-14H2,1-3H3/b22-16+/t25-/m1/s1. The van der Waals surface area contributed by atoms with Gasteiger partial charge in [0.1, 0.15) is 11.5 Å². The van der Waals surface area contributed by atoms with Crippen LogP contribution in [-0.2, 0) is 9.53 Å². The van der Waals surface area contributed by atoms with Crippen LogP contribution in [0.5, 0.6) is 5.75 Å². The van der Waals surface area contributed by atoms with Gasteiger partial charge in [0.05, 0.1) is 40.0 Å². The predicted octanol–water partition coefficient (Wildman–Crippen LogP) is 4.54. The lowest BCUT2D eigenvalue weighted by Crippen LogP contribution is -2.39. The van der Waals surface area contributed by atoms with Crippen LogP contribution in [0.3, 0.4) is 0 Å². The molecule has 8 nitrogen and oxygen atoms in total. The number of methoxy groups -OCH3 is 1. The van der Waals surface area contributed by atoms with Crippen LogP contribution in [-0.4, -0.2) is 37.3 Å². The zero-order valence-electron chi connectivity index (χ0n) is 21.7. The summed E-state index contributed by atoms with van der Waals surface area (Å²) < 4.78 is 19.7. The molecule has 1 aromatic carbocycles. The molecule has 2 aliphatic rings. The van der Waals surface area contributed by atoms with Crippen LogP contribution in [0.25, 0.3) is 6.08 Å². The Kier molecular flexibility index (Phi) is 7.90. The van der Waals surface area contributed by atoms with Crippen molar-refractivity contribution in [2.75, 3.05) is 31.7 Å². The fourth-order valence-corrected chi connectivity index (χ4v) is 6.55. The van der Waals surface area contributed by atoms with Gasteiger partial charge in [-0.2, -0.15) is 0 Å². The Bertz CT molecular complexity index is 1560. The number of anilines is 1. The molecule has 0 saturated carbocycles. The number of aromatic nitrogens is 1. The van der Waals surface area contributed by atoms with Gasteiger partial charge in [-0.25, -0.2) is 9.79 Å². The third-order valence-corrected chi connectivity index (χ3v) is 8.41. The number of hydrogen-bond donors (Lipinski definition) is 0. The van der Waals surface area contributed by atoms with Crippen molar-refractivity contribution in [2.45, 2.75) is 45.6 Å². The molecule has 38 heavy (non-hydrogen) atoms. The fraction of sp³-hybridized carbons (Fsp3) is 0.393. The molecule has 0 unspecified atom stereocenters. The third kappa shape index (κ3) is 5.11. The Morgan fingerprint density at radius 2 is 1.97 bits per heavy atom. The van der Waals surface area contributed by atoms with Crippen LogP contribution in [0.2, 0.25) is 0 Å². The lowest BCUT2D eigenvalue weighted by Gasteiger charge is -2.25. The molecule has 2 aliphatic heterocycles. The quantitative estimate of drug-likeness (QED) is 0.387. The molecule has 1 atom stereocenters. The first kappa shape index (κ1) is 26.5. The van der Waals surface area contributed by atoms with Crippen LogP contribution in [0, 0.1) is 0 Å². The van der Waals surface area contributed by atoms with Gasteiger partial charge >= 0.3 is 5.97 Å². The summed E-state index contributed by atoms with van der Waals surface area (Å²) in [5, 5.41) is 0. The highest BCUT2D eigenvalue weighted by Gasteiger charge is 2.33. The van der Waals surface area contributed by atoms with Crippen molar-refractivity contribution in [2.24, 2.45) is 4.99 Å². The minimum absolute atomic E-state index is 0.219. The lowest BCUT2D eigenvalue weighted by molar-refractivity contribution is -0.139. The van der Waals surface area contributed by atoms with Gasteiger partial charge in [0.2, 0.25) is 0 Å². The van der Waals surface area contributed by atoms with Crippen molar-refractivity contribution >= 4 is 45.2 Å². The van der Waals surface area contributed by atoms with Crippen LogP contribution >= 0.6 is 27.3 Å². The summed E-state index contributed by atoms with van der Waals surface area (Å²) in [5.74, 6) is 1.59. The average molecular weight is 601 g/mol. The van der Waals surface area contributed by atoms with E-state index >= 15 is 0 Å². The summed E-state index contributed by atoms with van der Waals surface area (Å²) in [7, 11) is 1.59. The Balaban J connectivity index is 1.60. The van der Waals surface area contributed by atoms with Gasteiger partial charge in [0.15, 0.2) is 10.7 Å². The third-order valence-electron chi connectivity index (χ3n) is 6.81. The van der Waals surface area contributed by atoms with Crippen LogP contribution in [0.4, 0.5) is 5.88 Å². The fourth-order valence-electron chi connectivity index (χ4n) is 4.97. The van der Waals surface area contributed by atoms with Gasteiger partial charge < -0.3 is 18.8 Å². The van der Waals surface area contributed by atoms with E-state index in [9.17, 15) is 9.59 Å². The van der Waals surface area contributed by atoms with Crippen molar-refractivity contribution in [3.63, 3.8) is 0 Å². The molecule has 0 spiro atoms. The number of furan rings is 1. The number of ether oxygens (including phenoxy) is 2. The van der Waals surface area contributed by atoms with E-state index in [0.29, 0.717) is 36.6 Å². The largest absolute Gasteiger partial charge is 0.496 e. The number of allylic oxidation sites excluding steroid dienone is 1.